The lowest BCUT2D eigenvalue weighted by Gasteiger charge is -2.48. The van der Waals surface area contributed by atoms with E-state index in [1.54, 1.807) is 10.5 Å². The van der Waals surface area contributed by atoms with Crippen LogP contribution in [-0.4, -0.2) is 67.4 Å². The molecule has 2 heterocycles. The van der Waals surface area contributed by atoms with Crippen LogP contribution in [0, 0.1) is 0 Å². The van der Waals surface area contributed by atoms with Crippen molar-refractivity contribution in [2.45, 2.75) is 38.1 Å². The molecule has 132 valence electrons. The van der Waals surface area contributed by atoms with Gasteiger partial charge >= 0.3 is 0 Å². The second-order valence-corrected chi connectivity index (χ2v) is 7.71. The Bertz CT molecular complexity index is 576. The van der Waals surface area contributed by atoms with Gasteiger partial charge in [0.2, 0.25) is 5.91 Å². The van der Waals surface area contributed by atoms with Crippen LogP contribution < -0.4 is 0 Å². The van der Waals surface area contributed by atoms with Crippen LogP contribution >= 0.6 is 0 Å². The maximum absolute atomic E-state index is 12.0. The Hall–Kier alpha value is -1.39. The van der Waals surface area contributed by atoms with Gasteiger partial charge in [0.15, 0.2) is 0 Å². The number of fused-ring (bicyclic) bond motifs is 2. The van der Waals surface area contributed by atoms with Crippen LogP contribution in [0.15, 0.2) is 24.3 Å². The number of likely N-dealkylation sites (tertiary alicyclic amines) is 1. The Morgan fingerprint density at radius 1 is 1.17 bits per heavy atom. The zero-order valence-electron chi connectivity index (χ0n) is 15.4. The molecule has 0 aromatic heterocycles. The summed E-state index contributed by atoms with van der Waals surface area (Å²) >= 11 is 0. The number of rotatable bonds is 4. The average molecular weight is 329 g/mol. The topological polar surface area (TPSA) is 26.8 Å². The van der Waals surface area contributed by atoms with Crippen LogP contribution in [0.25, 0.3) is 0 Å². The molecule has 0 bridgehead atoms. The molecule has 0 radical (unpaired) electrons. The van der Waals surface area contributed by atoms with E-state index < -0.39 is 0 Å². The lowest BCUT2D eigenvalue weighted by Crippen LogP contribution is -2.53. The third-order valence-corrected chi connectivity index (χ3v) is 5.72. The molecule has 0 aliphatic carbocycles. The predicted molar refractivity (Wildman–Crippen MR) is 98.1 cm³/mol. The molecule has 0 N–H and O–H groups in total. The Balaban J connectivity index is 1.74. The van der Waals surface area contributed by atoms with Crippen molar-refractivity contribution in [1.82, 2.24) is 14.7 Å². The van der Waals surface area contributed by atoms with Crippen LogP contribution in [-0.2, 0) is 16.8 Å². The highest BCUT2D eigenvalue weighted by atomic mass is 16.2. The highest BCUT2D eigenvalue weighted by Gasteiger charge is 2.41. The van der Waals surface area contributed by atoms with Gasteiger partial charge in [-0.3, -0.25) is 14.6 Å². The third-order valence-electron chi connectivity index (χ3n) is 5.72. The van der Waals surface area contributed by atoms with Gasteiger partial charge in [0.1, 0.15) is 0 Å². The Kier molecular flexibility index (Phi) is 5.26. The highest BCUT2D eigenvalue weighted by Crippen LogP contribution is 2.41. The molecule has 1 aromatic carbocycles. The summed E-state index contributed by atoms with van der Waals surface area (Å²) in [6.45, 7) is 8.31. The first-order valence-corrected chi connectivity index (χ1v) is 9.27. The first-order chi connectivity index (χ1) is 11.5. The van der Waals surface area contributed by atoms with Gasteiger partial charge in [-0.1, -0.05) is 31.2 Å². The Morgan fingerprint density at radius 3 is 2.54 bits per heavy atom. The van der Waals surface area contributed by atoms with Crippen molar-refractivity contribution in [3.8, 4) is 0 Å². The van der Waals surface area contributed by atoms with Crippen molar-refractivity contribution in [3.63, 3.8) is 0 Å². The number of carbonyl (C=O) groups excluding carboxylic acids is 1. The number of likely N-dealkylation sites (N-methyl/N-ethyl adjacent to an activating group) is 1. The summed E-state index contributed by atoms with van der Waals surface area (Å²) in [6.07, 6.45) is 3.53. The molecular formula is C20H31N3O. The summed E-state index contributed by atoms with van der Waals surface area (Å²) in [5.41, 5.74) is 3.35. The van der Waals surface area contributed by atoms with E-state index in [0.29, 0.717) is 6.54 Å². The summed E-state index contributed by atoms with van der Waals surface area (Å²) in [6, 6.07) is 9.02. The van der Waals surface area contributed by atoms with Crippen molar-refractivity contribution in [2.24, 2.45) is 0 Å². The summed E-state index contributed by atoms with van der Waals surface area (Å²) < 4.78 is 0. The van der Waals surface area contributed by atoms with Gasteiger partial charge < -0.3 is 4.90 Å². The fourth-order valence-electron chi connectivity index (χ4n) is 4.36. The van der Waals surface area contributed by atoms with Crippen LogP contribution in [0.3, 0.4) is 0 Å². The molecule has 2 aliphatic heterocycles. The molecule has 0 atom stereocenters. The summed E-state index contributed by atoms with van der Waals surface area (Å²) in [5.74, 6) is 0.211. The number of benzene rings is 1. The van der Waals surface area contributed by atoms with Crippen molar-refractivity contribution in [2.75, 3.05) is 46.8 Å². The predicted octanol–water partition coefficient (Wildman–Crippen LogP) is 2.33. The van der Waals surface area contributed by atoms with Crippen molar-refractivity contribution in [3.05, 3.63) is 35.4 Å². The zero-order chi connectivity index (χ0) is 17.2. The van der Waals surface area contributed by atoms with Gasteiger partial charge in [0.25, 0.3) is 0 Å². The normalized spacial score (nSPS) is 20.8. The largest absolute Gasteiger partial charge is 0.348 e. The maximum Gasteiger partial charge on any atom is 0.236 e. The Morgan fingerprint density at radius 2 is 1.88 bits per heavy atom. The van der Waals surface area contributed by atoms with Crippen molar-refractivity contribution >= 4 is 5.91 Å². The monoisotopic (exact) mass is 329 g/mol. The van der Waals surface area contributed by atoms with E-state index in [1.165, 1.54) is 25.1 Å². The van der Waals surface area contributed by atoms with Crippen LogP contribution in [0.5, 0.6) is 0 Å². The SMILES string of the molecule is CCCN1Cc2ccccc2C2(CCN(CC(=O)N(C)C)CC2)C1. The number of piperidine rings is 1. The number of hydrogen-bond donors (Lipinski definition) is 0. The van der Waals surface area contributed by atoms with E-state index in [4.69, 9.17) is 0 Å². The highest BCUT2D eigenvalue weighted by molar-refractivity contribution is 5.77. The van der Waals surface area contributed by atoms with E-state index in [1.807, 2.05) is 14.1 Å². The standard InChI is InChI=1S/C20H31N3O/c1-4-11-23-14-17-7-5-6-8-18(17)20(16-23)9-12-22(13-10-20)15-19(24)21(2)3/h5-8H,4,9-16H2,1-3H3. The van der Waals surface area contributed by atoms with Gasteiger partial charge in [-0.25, -0.2) is 0 Å². The molecule has 24 heavy (non-hydrogen) atoms. The molecule has 2 aliphatic rings. The molecule has 1 saturated heterocycles. The second-order valence-electron chi connectivity index (χ2n) is 7.71. The van der Waals surface area contributed by atoms with Crippen LogP contribution in [0.4, 0.5) is 0 Å². The number of nitrogens with zero attached hydrogens (tertiary/aromatic N) is 3. The van der Waals surface area contributed by atoms with E-state index in [9.17, 15) is 4.79 Å². The molecule has 3 rings (SSSR count). The lowest BCUT2D eigenvalue weighted by atomic mass is 9.69. The molecule has 1 spiro atoms. The average Bonchev–Trinajstić information content (AvgIpc) is 2.57. The van der Waals surface area contributed by atoms with E-state index in [2.05, 4.69) is 41.0 Å². The van der Waals surface area contributed by atoms with Crippen LogP contribution in [0.1, 0.15) is 37.3 Å². The number of amides is 1. The molecule has 1 aromatic rings. The van der Waals surface area contributed by atoms with Gasteiger partial charge in [-0.05, 0) is 50.0 Å². The van der Waals surface area contributed by atoms with Gasteiger partial charge in [0, 0.05) is 32.6 Å². The fourth-order valence-corrected chi connectivity index (χ4v) is 4.36. The number of carbonyl (C=O) groups is 1. The molecule has 4 nitrogen and oxygen atoms in total. The lowest BCUT2D eigenvalue weighted by molar-refractivity contribution is -0.130. The molecule has 1 fully saturated rings. The van der Waals surface area contributed by atoms with E-state index >= 15 is 0 Å². The summed E-state index contributed by atoms with van der Waals surface area (Å²) in [5, 5.41) is 0. The Labute approximate surface area is 146 Å². The smallest absolute Gasteiger partial charge is 0.236 e. The van der Waals surface area contributed by atoms with Crippen molar-refractivity contribution in [1.29, 1.82) is 0 Å². The van der Waals surface area contributed by atoms with Crippen molar-refractivity contribution < 1.29 is 4.79 Å². The molecule has 4 heteroatoms. The quantitative estimate of drug-likeness (QED) is 0.848. The molecule has 0 saturated carbocycles. The summed E-state index contributed by atoms with van der Waals surface area (Å²) in [4.78, 5) is 18.6. The van der Waals surface area contributed by atoms with Crippen LogP contribution in [0.2, 0.25) is 0 Å². The fraction of sp³-hybridized carbons (Fsp3) is 0.650. The first kappa shape index (κ1) is 17.4. The molecular weight excluding hydrogens is 298 g/mol. The van der Waals surface area contributed by atoms with E-state index in [0.717, 1.165) is 32.5 Å². The minimum absolute atomic E-state index is 0.211. The maximum atomic E-state index is 12.0. The third kappa shape index (κ3) is 3.50. The zero-order valence-corrected chi connectivity index (χ0v) is 15.4. The van der Waals surface area contributed by atoms with Gasteiger partial charge in [0.05, 0.1) is 6.54 Å². The summed E-state index contributed by atoms with van der Waals surface area (Å²) in [7, 11) is 3.68. The van der Waals surface area contributed by atoms with Gasteiger partial charge in [-0.2, -0.15) is 0 Å². The number of hydrogen-bond acceptors (Lipinski definition) is 3. The van der Waals surface area contributed by atoms with E-state index in [-0.39, 0.29) is 11.3 Å². The first-order valence-electron chi connectivity index (χ1n) is 9.27. The van der Waals surface area contributed by atoms with Gasteiger partial charge in [-0.15, -0.1) is 0 Å². The second kappa shape index (κ2) is 7.24. The minimum atomic E-state index is 0.211. The minimum Gasteiger partial charge on any atom is -0.348 e. The molecule has 0 unspecified atom stereocenters. The molecule has 1 amide bonds.